The first-order valence-electron chi connectivity index (χ1n) is 7.91. The minimum absolute atomic E-state index is 0.0797. The number of ether oxygens (including phenoxy) is 1. The molecule has 0 radical (unpaired) electrons. The summed E-state index contributed by atoms with van der Waals surface area (Å²) < 4.78 is 34.5. The van der Waals surface area contributed by atoms with Gasteiger partial charge in [0.05, 0.1) is 22.3 Å². The zero-order valence-corrected chi connectivity index (χ0v) is 14.6. The highest BCUT2D eigenvalue weighted by Gasteiger charge is 2.25. The molecule has 2 rings (SSSR count). The molecule has 1 aromatic rings. The standard InChI is InChI=1S/C17H26FNO2S/c1-5-15(19-22(20)17(2,3)4)13-8-9-14(18)16(10-13)21-11-12-6-7-12/h8-10,12,15,19H,5-7,11H2,1-4H3/t15-,22+/m1/s1. The highest BCUT2D eigenvalue weighted by molar-refractivity contribution is 7.84. The predicted molar refractivity (Wildman–Crippen MR) is 88.7 cm³/mol. The third kappa shape index (κ3) is 4.78. The summed E-state index contributed by atoms with van der Waals surface area (Å²) in [5.41, 5.74) is 0.910. The molecule has 3 nitrogen and oxygen atoms in total. The lowest BCUT2D eigenvalue weighted by Gasteiger charge is -2.24. The molecule has 1 fully saturated rings. The first-order valence-corrected chi connectivity index (χ1v) is 9.06. The normalized spacial score (nSPS) is 18.0. The van der Waals surface area contributed by atoms with Crippen LogP contribution in [-0.4, -0.2) is 15.6 Å². The minimum Gasteiger partial charge on any atom is -0.490 e. The van der Waals surface area contributed by atoms with E-state index in [0.29, 0.717) is 18.3 Å². The summed E-state index contributed by atoms with van der Waals surface area (Å²) in [4.78, 5) is 0. The molecule has 0 saturated heterocycles. The molecule has 1 aliphatic rings. The summed E-state index contributed by atoms with van der Waals surface area (Å²) in [7, 11) is -1.17. The number of halogens is 1. The average Bonchev–Trinajstić information content (AvgIpc) is 3.27. The molecule has 0 amide bonds. The van der Waals surface area contributed by atoms with Gasteiger partial charge in [-0.05, 0) is 63.6 Å². The summed E-state index contributed by atoms with van der Waals surface area (Å²) in [6.45, 7) is 8.39. The van der Waals surface area contributed by atoms with Gasteiger partial charge in [-0.2, -0.15) is 0 Å². The Kier molecular flexibility index (Phi) is 5.61. The van der Waals surface area contributed by atoms with Crippen molar-refractivity contribution < 1.29 is 13.3 Å². The summed E-state index contributed by atoms with van der Waals surface area (Å²) in [6, 6.07) is 4.82. The molecule has 5 heteroatoms. The second kappa shape index (κ2) is 7.09. The van der Waals surface area contributed by atoms with Crippen molar-refractivity contribution in [3.8, 4) is 5.75 Å². The second-order valence-electron chi connectivity index (χ2n) is 6.90. The molecule has 0 unspecified atom stereocenters. The van der Waals surface area contributed by atoms with Crippen LogP contribution in [0.15, 0.2) is 18.2 Å². The first-order chi connectivity index (χ1) is 10.3. The van der Waals surface area contributed by atoms with E-state index >= 15 is 0 Å². The Bertz CT molecular complexity index is 538. The highest BCUT2D eigenvalue weighted by Crippen LogP contribution is 2.31. The molecule has 1 N–H and O–H groups in total. The fourth-order valence-electron chi connectivity index (χ4n) is 2.03. The lowest BCUT2D eigenvalue weighted by atomic mass is 10.1. The van der Waals surface area contributed by atoms with Crippen LogP contribution in [0.5, 0.6) is 5.75 Å². The van der Waals surface area contributed by atoms with Gasteiger partial charge in [-0.25, -0.2) is 13.3 Å². The van der Waals surface area contributed by atoms with E-state index in [2.05, 4.69) is 4.72 Å². The maximum atomic E-state index is 13.9. The van der Waals surface area contributed by atoms with Crippen LogP contribution in [0.25, 0.3) is 0 Å². The van der Waals surface area contributed by atoms with Gasteiger partial charge in [0.15, 0.2) is 11.6 Å². The van der Waals surface area contributed by atoms with E-state index in [1.54, 1.807) is 12.1 Å². The summed E-state index contributed by atoms with van der Waals surface area (Å²) in [5.74, 6) is 0.541. The number of hydrogen-bond acceptors (Lipinski definition) is 2. The van der Waals surface area contributed by atoms with Crippen LogP contribution < -0.4 is 9.46 Å². The maximum Gasteiger partial charge on any atom is 0.165 e. The molecule has 1 aromatic carbocycles. The fraction of sp³-hybridized carbons (Fsp3) is 0.647. The van der Waals surface area contributed by atoms with Crippen LogP contribution in [-0.2, 0) is 11.0 Å². The Morgan fingerprint density at radius 2 is 2.09 bits per heavy atom. The molecule has 0 spiro atoms. The Labute approximate surface area is 135 Å². The van der Waals surface area contributed by atoms with Crippen LogP contribution in [0.3, 0.4) is 0 Å². The van der Waals surface area contributed by atoms with Gasteiger partial charge >= 0.3 is 0 Å². The zero-order valence-electron chi connectivity index (χ0n) is 13.8. The van der Waals surface area contributed by atoms with Crippen molar-refractivity contribution in [2.45, 2.75) is 57.7 Å². The molecule has 2 atom stereocenters. The van der Waals surface area contributed by atoms with Crippen LogP contribution in [0, 0.1) is 11.7 Å². The predicted octanol–water partition coefficient (Wildman–Crippen LogP) is 4.12. The smallest absolute Gasteiger partial charge is 0.165 e. The van der Waals surface area contributed by atoms with E-state index in [0.717, 1.165) is 12.0 Å². The van der Waals surface area contributed by atoms with E-state index in [-0.39, 0.29) is 16.6 Å². The third-order valence-corrected chi connectivity index (χ3v) is 5.35. The van der Waals surface area contributed by atoms with Gasteiger partial charge in [0.2, 0.25) is 0 Å². The second-order valence-corrected chi connectivity index (χ2v) is 8.90. The number of benzene rings is 1. The van der Waals surface area contributed by atoms with Gasteiger partial charge in [0.1, 0.15) is 0 Å². The van der Waals surface area contributed by atoms with E-state index in [1.807, 2.05) is 27.7 Å². The van der Waals surface area contributed by atoms with Crippen molar-refractivity contribution in [2.24, 2.45) is 5.92 Å². The summed E-state index contributed by atoms with van der Waals surface area (Å²) >= 11 is 0. The van der Waals surface area contributed by atoms with Crippen LogP contribution >= 0.6 is 0 Å². The van der Waals surface area contributed by atoms with Gasteiger partial charge in [-0.1, -0.05) is 13.0 Å². The molecule has 1 saturated carbocycles. The van der Waals surface area contributed by atoms with E-state index in [9.17, 15) is 8.60 Å². The van der Waals surface area contributed by atoms with Crippen molar-refractivity contribution in [3.05, 3.63) is 29.6 Å². The minimum atomic E-state index is -1.17. The SMILES string of the molecule is CC[C@@H](N[S@@](=O)C(C)(C)C)c1ccc(F)c(OCC2CC2)c1. The Morgan fingerprint density at radius 1 is 1.41 bits per heavy atom. The van der Waals surface area contributed by atoms with Gasteiger partial charge in [0.25, 0.3) is 0 Å². The lowest BCUT2D eigenvalue weighted by molar-refractivity contribution is 0.284. The molecule has 0 aromatic heterocycles. The molecule has 0 heterocycles. The first kappa shape index (κ1) is 17.4. The Balaban J connectivity index is 2.10. The molecular formula is C17H26FNO2S. The lowest BCUT2D eigenvalue weighted by Crippen LogP contribution is -2.35. The molecular weight excluding hydrogens is 301 g/mol. The highest BCUT2D eigenvalue weighted by atomic mass is 32.2. The van der Waals surface area contributed by atoms with Crippen molar-refractivity contribution in [2.75, 3.05) is 6.61 Å². The Morgan fingerprint density at radius 3 is 2.64 bits per heavy atom. The number of hydrogen-bond donors (Lipinski definition) is 1. The molecule has 0 aliphatic heterocycles. The van der Waals surface area contributed by atoms with Gasteiger partial charge < -0.3 is 4.74 Å². The van der Waals surface area contributed by atoms with Crippen molar-refractivity contribution in [3.63, 3.8) is 0 Å². The third-order valence-electron chi connectivity index (χ3n) is 3.74. The van der Waals surface area contributed by atoms with Crippen LogP contribution in [0.2, 0.25) is 0 Å². The summed E-state index contributed by atoms with van der Waals surface area (Å²) in [5, 5.41) is 0. The van der Waals surface area contributed by atoms with E-state index in [1.165, 1.54) is 18.9 Å². The number of rotatable bonds is 7. The van der Waals surface area contributed by atoms with E-state index in [4.69, 9.17) is 4.74 Å². The van der Waals surface area contributed by atoms with Gasteiger partial charge in [-0.15, -0.1) is 0 Å². The van der Waals surface area contributed by atoms with E-state index < -0.39 is 11.0 Å². The topological polar surface area (TPSA) is 38.3 Å². The quantitative estimate of drug-likeness (QED) is 0.818. The number of nitrogens with one attached hydrogen (secondary N) is 1. The molecule has 1 aliphatic carbocycles. The average molecular weight is 327 g/mol. The molecule has 124 valence electrons. The van der Waals surface area contributed by atoms with Gasteiger partial charge in [-0.3, -0.25) is 0 Å². The van der Waals surface area contributed by atoms with Crippen molar-refractivity contribution in [1.29, 1.82) is 0 Å². The zero-order chi connectivity index (χ0) is 16.3. The Hall–Kier alpha value is -0.940. The molecule has 22 heavy (non-hydrogen) atoms. The largest absolute Gasteiger partial charge is 0.490 e. The summed E-state index contributed by atoms with van der Waals surface area (Å²) in [6.07, 6.45) is 3.12. The van der Waals surface area contributed by atoms with Crippen molar-refractivity contribution in [1.82, 2.24) is 4.72 Å². The van der Waals surface area contributed by atoms with Crippen LogP contribution in [0.1, 0.15) is 58.6 Å². The fourth-order valence-corrected chi connectivity index (χ4v) is 2.95. The van der Waals surface area contributed by atoms with Gasteiger partial charge in [0, 0.05) is 6.04 Å². The monoisotopic (exact) mass is 327 g/mol. The van der Waals surface area contributed by atoms with Crippen LogP contribution in [0.4, 0.5) is 4.39 Å². The maximum absolute atomic E-state index is 13.9. The molecule has 0 bridgehead atoms. The van der Waals surface area contributed by atoms with Crippen molar-refractivity contribution >= 4 is 11.0 Å².